The first kappa shape index (κ1) is 18.4. The Bertz CT molecular complexity index is 1550. The van der Waals surface area contributed by atoms with E-state index in [1.165, 1.54) is 9.13 Å². The third kappa shape index (κ3) is 2.62. The van der Waals surface area contributed by atoms with E-state index in [9.17, 15) is 9.59 Å². The zero-order valence-electron chi connectivity index (χ0n) is 17.3. The normalized spacial score (nSPS) is 12.4. The van der Waals surface area contributed by atoms with Gasteiger partial charge in [0.1, 0.15) is 5.76 Å². The topological polar surface area (TPSA) is 74.4 Å². The molecule has 0 amide bonds. The van der Waals surface area contributed by atoms with Gasteiger partial charge in [0.15, 0.2) is 11.2 Å². The van der Waals surface area contributed by atoms with Crippen LogP contribution in [0.5, 0.6) is 0 Å². The smallest absolute Gasteiger partial charge is 0.332 e. The Morgan fingerprint density at radius 2 is 1.77 bits per heavy atom. The molecule has 0 aliphatic heterocycles. The predicted octanol–water partition coefficient (Wildman–Crippen LogP) is 3.44. The van der Waals surface area contributed by atoms with Gasteiger partial charge in [-0.3, -0.25) is 18.3 Å². The maximum atomic E-state index is 13.4. The lowest BCUT2D eigenvalue weighted by molar-refractivity contribution is 0.425. The first-order chi connectivity index (χ1) is 14.3. The number of oxazole rings is 1. The van der Waals surface area contributed by atoms with E-state index in [4.69, 9.17) is 4.42 Å². The molecule has 7 nitrogen and oxygen atoms in total. The summed E-state index contributed by atoms with van der Waals surface area (Å²) >= 11 is 0. The van der Waals surface area contributed by atoms with Gasteiger partial charge in [0, 0.05) is 12.5 Å². The monoisotopic (exact) mass is 402 g/mol. The van der Waals surface area contributed by atoms with Crippen molar-refractivity contribution in [2.75, 3.05) is 0 Å². The minimum atomic E-state index is -0.405. The van der Waals surface area contributed by atoms with Crippen molar-refractivity contribution in [1.82, 2.24) is 18.5 Å². The number of benzene rings is 2. The third-order valence-electron chi connectivity index (χ3n) is 5.54. The quantitative estimate of drug-likeness (QED) is 0.453. The molecule has 30 heavy (non-hydrogen) atoms. The molecule has 0 N–H and O–H groups in total. The number of aromatic nitrogens is 4. The van der Waals surface area contributed by atoms with E-state index in [1.54, 1.807) is 17.6 Å². The highest BCUT2D eigenvalue weighted by Crippen LogP contribution is 2.26. The molecule has 2 aromatic carbocycles. The molecular formula is C23H22N4O3. The van der Waals surface area contributed by atoms with Crippen LogP contribution in [0.1, 0.15) is 32.1 Å². The summed E-state index contributed by atoms with van der Waals surface area (Å²) in [6.45, 7) is 6.27. The second-order valence-corrected chi connectivity index (χ2v) is 8.65. The van der Waals surface area contributed by atoms with Crippen LogP contribution in [0, 0.1) is 0 Å². The van der Waals surface area contributed by atoms with E-state index < -0.39 is 5.69 Å². The maximum absolute atomic E-state index is 13.4. The van der Waals surface area contributed by atoms with Crippen molar-refractivity contribution in [3.05, 3.63) is 80.8 Å². The summed E-state index contributed by atoms with van der Waals surface area (Å²) in [5, 5.41) is 2.09. The zero-order chi connectivity index (χ0) is 21.2. The molecule has 0 saturated carbocycles. The number of nitrogens with zero attached hydrogens (tertiary/aromatic N) is 4. The molecule has 0 aliphatic rings. The van der Waals surface area contributed by atoms with Crippen LogP contribution < -0.4 is 11.2 Å². The molecule has 5 rings (SSSR count). The van der Waals surface area contributed by atoms with Crippen LogP contribution in [0.4, 0.5) is 0 Å². The van der Waals surface area contributed by atoms with E-state index in [0.717, 1.165) is 22.1 Å². The summed E-state index contributed by atoms with van der Waals surface area (Å²) in [5.41, 5.74) is 0.558. The minimum Gasteiger partial charge on any atom is -0.428 e. The van der Waals surface area contributed by atoms with Crippen LogP contribution in [-0.4, -0.2) is 18.5 Å². The van der Waals surface area contributed by atoms with Crippen LogP contribution in [0.15, 0.2) is 62.7 Å². The average Bonchev–Trinajstić information content (AvgIpc) is 3.28. The second-order valence-electron chi connectivity index (χ2n) is 8.65. The van der Waals surface area contributed by atoms with Crippen molar-refractivity contribution in [1.29, 1.82) is 0 Å². The highest BCUT2D eigenvalue weighted by Gasteiger charge is 2.24. The van der Waals surface area contributed by atoms with E-state index in [1.807, 2.05) is 63.2 Å². The number of aryl methyl sites for hydroxylation is 1. The van der Waals surface area contributed by atoms with E-state index in [0.29, 0.717) is 17.0 Å². The van der Waals surface area contributed by atoms with Gasteiger partial charge in [-0.25, -0.2) is 4.79 Å². The zero-order valence-corrected chi connectivity index (χ0v) is 17.3. The van der Waals surface area contributed by atoms with Gasteiger partial charge in [0.2, 0.25) is 0 Å². The lowest BCUT2D eigenvalue weighted by atomic mass is 9.94. The fourth-order valence-electron chi connectivity index (χ4n) is 3.84. The Kier molecular flexibility index (Phi) is 3.80. The van der Waals surface area contributed by atoms with Crippen molar-refractivity contribution in [2.24, 2.45) is 7.05 Å². The second kappa shape index (κ2) is 6.19. The Labute approximate surface area is 171 Å². The van der Waals surface area contributed by atoms with E-state index >= 15 is 0 Å². The van der Waals surface area contributed by atoms with Gasteiger partial charge in [-0.2, -0.15) is 4.98 Å². The summed E-state index contributed by atoms with van der Waals surface area (Å²) in [4.78, 5) is 30.9. The molecule has 0 fully saturated rings. The molecule has 0 atom stereocenters. The molecule has 7 heteroatoms. The fraction of sp³-hybridized carbons (Fsp3) is 0.261. The Morgan fingerprint density at radius 3 is 2.53 bits per heavy atom. The van der Waals surface area contributed by atoms with Crippen LogP contribution >= 0.6 is 0 Å². The molecule has 0 aliphatic carbocycles. The number of fused-ring (bicyclic) bond motifs is 4. The van der Waals surface area contributed by atoms with Gasteiger partial charge in [-0.1, -0.05) is 63.2 Å². The molecule has 0 unspecified atom stereocenters. The van der Waals surface area contributed by atoms with Gasteiger partial charge in [0.05, 0.1) is 12.7 Å². The predicted molar refractivity (Wildman–Crippen MR) is 116 cm³/mol. The molecular weight excluding hydrogens is 380 g/mol. The Morgan fingerprint density at radius 1 is 1.03 bits per heavy atom. The molecule has 3 heterocycles. The summed E-state index contributed by atoms with van der Waals surface area (Å²) in [6, 6.07) is 13.8. The van der Waals surface area contributed by atoms with Crippen LogP contribution in [0.25, 0.3) is 27.8 Å². The lowest BCUT2D eigenvalue weighted by Gasteiger charge is -2.13. The Hall–Kier alpha value is -3.61. The van der Waals surface area contributed by atoms with Crippen molar-refractivity contribution in [3.63, 3.8) is 0 Å². The molecule has 0 radical (unpaired) electrons. The number of hydrogen-bond acceptors (Lipinski definition) is 4. The maximum Gasteiger partial charge on any atom is 0.332 e. The van der Waals surface area contributed by atoms with E-state index in [-0.39, 0.29) is 17.5 Å². The van der Waals surface area contributed by atoms with Crippen molar-refractivity contribution in [2.45, 2.75) is 32.7 Å². The van der Waals surface area contributed by atoms with Crippen LogP contribution in [0.3, 0.4) is 0 Å². The van der Waals surface area contributed by atoms with Gasteiger partial charge in [-0.05, 0) is 16.3 Å². The van der Waals surface area contributed by atoms with Crippen molar-refractivity contribution in [3.8, 4) is 0 Å². The molecule has 0 spiro atoms. The largest absolute Gasteiger partial charge is 0.428 e. The molecule has 5 aromatic rings. The van der Waals surface area contributed by atoms with Crippen molar-refractivity contribution < 1.29 is 4.42 Å². The van der Waals surface area contributed by atoms with Crippen LogP contribution in [-0.2, 0) is 19.0 Å². The first-order valence-corrected chi connectivity index (χ1v) is 9.84. The highest BCUT2D eigenvalue weighted by atomic mass is 16.4. The standard InChI is InChI=1S/C23H22N4O3/c1-23(2,3)17-13-26-18-19(24-21(26)30-17)25(4)22(29)27(20(18)28)12-15-10-7-9-14-8-5-6-11-16(14)15/h5-11,13H,12H2,1-4H3. The summed E-state index contributed by atoms with van der Waals surface area (Å²) < 4.78 is 10.2. The van der Waals surface area contributed by atoms with Gasteiger partial charge in [0.25, 0.3) is 5.56 Å². The summed E-state index contributed by atoms with van der Waals surface area (Å²) in [7, 11) is 1.63. The number of imidazole rings is 1. The molecule has 152 valence electrons. The molecule has 3 aromatic heterocycles. The third-order valence-corrected chi connectivity index (χ3v) is 5.54. The minimum absolute atomic E-state index is 0.181. The molecule has 0 bridgehead atoms. The van der Waals surface area contributed by atoms with Crippen molar-refractivity contribution >= 4 is 27.8 Å². The highest BCUT2D eigenvalue weighted by molar-refractivity contribution is 5.85. The van der Waals surface area contributed by atoms with Gasteiger partial charge in [-0.15, -0.1) is 0 Å². The van der Waals surface area contributed by atoms with E-state index in [2.05, 4.69) is 4.98 Å². The molecule has 0 saturated heterocycles. The summed E-state index contributed by atoms with van der Waals surface area (Å²) in [6.07, 6.45) is 1.79. The lowest BCUT2D eigenvalue weighted by Crippen LogP contribution is -2.39. The first-order valence-electron chi connectivity index (χ1n) is 9.84. The Balaban J connectivity index is 1.78. The number of rotatable bonds is 2. The summed E-state index contributed by atoms with van der Waals surface area (Å²) in [5.74, 6) is 1.03. The SMILES string of the molecule is Cn1c(=O)n(Cc2cccc3ccccc23)c(=O)c2c1nc1oc(C(C)(C)C)cn12. The van der Waals surface area contributed by atoms with Crippen LogP contribution in [0.2, 0.25) is 0 Å². The number of hydrogen-bond donors (Lipinski definition) is 0. The average molecular weight is 402 g/mol. The van der Waals surface area contributed by atoms with Gasteiger partial charge < -0.3 is 4.42 Å². The van der Waals surface area contributed by atoms with Gasteiger partial charge >= 0.3 is 11.5 Å². The fourth-order valence-corrected chi connectivity index (χ4v) is 3.84.